The van der Waals surface area contributed by atoms with Crippen molar-refractivity contribution in [2.24, 2.45) is 0 Å². The lowest BCUT2D eigenvalue weighted by Crippen LogP contribution is -2.00. The first kappa shape index (κ1) is 15.4. The molecule has 1 aromatic carbocycles. The fraction of sp³-hybridized carbons (Fsp3) is 0.0556. The van der Waals surface area contributed by atoms with E-state index in [1.54, 1.807) is 6.20 Å². The molecule has 0 radical (unpaired) electrons. The van der Waals surface area contributed by atoms with Gasteiger partial charge in [0.15, 0.2) is 5.82 Å². The molecule has 3 aromatic heterocycles. The lowest BCUT2D eigenvalue weighted by atomic mass is 10.3. The van der Waals surface area contributed by atoms with Gasteiger partial charge in [0.2, 0.25) is 0 Å². The maximum absolute atomic E-state index is 6.38. The average molecular weight is 352 g/mol. The van der Waals surface area contributed by atoms with Crippen LogP contribution in [0.4, 0.5) is 5.82 Å². The summed E-state index contributed by atoms with van der Waals surface area (Å²) in [4.78, 5) is 12.5. The molecule has 4 aromatic rings. The number of anilines is 1. The van der Waals surface area contributed by atoms with E-state index < -0.39 is 0 Å². The minimum absolute atomic E-state index is 0.354. The smallest absolute Gasteiger partial charge is 0.151 e. The normalized spacial score (nSPS) is 10.9. The van der Waals surface area contributed by atoms with Crippen LogP contribution in [0.15, 0.2) is 61.2 Å². The van der Waals surface area contributed by atoms with Crippen molar-refractivity contribution in [2.75, 3.05) is 5.73 Å². The largest absolute Gasteiger partial charge is 0.486 e. The number of fused-ring (bicyclic) bond motifs is 1. The highest BCUT2D eigenvalue weighted by molar-refractivity contribution is 6.32. The maximum atomic E-state index is 6.38. The molecule has 0 saturated carbocycles. The molecule has 0 spiro atoms. The Balaban J connectivity index is 1.63. The second-order valence-electron chi connectivity index (χ2n) is 5.40. The number of nitrogens with zero attached hydrogens (tertiary/aromatic N) is 4. The summed E-state index contributed by atoms with van der Waals surface area (Å²) in [7, 11) is 0. The van der Waals surface area contributed by atoms with Gasteiger partial charge in [0.1, 0.15) is 24.2 Å². The Bertz CT molecular complexity index is 1030. The van der Waals surface area contributed by atoms with Gasteiger partial charge >= 0.3 is 0 Å². The van der Waals surface area contributed by atoms with Gasteiger partial charge in [-0.25, -0.2) is 9.97 Å². The third-order valence-electron chi connectivity index (χ3n) is 3.80. The molecule has 2 N–H and O–H groups in total. The summed E-state index contributed by atoms with van der Waals surface area (Å²) in [5, 5.41) is 0.505. The molecule has 6 nitrogen and oxygen atoms in total. The Morgan fingerprint density at radius 3 is 2.80 bits per heavy atom. The second kappa shape index (κ2) is 6.41. The van der Waals surface area contributed by atoms with E-state index in [-0.39, 0.29) is 0 Å². The summed E-state index contributed by atoms with van der Waals surface area (Å²) >= 11 is 6.38. The van der Waals surface area contributed by atoms with E-state index in [0.717, 1.165) is 22.4 Å². The fourth-order valence-electron chi connectivity index (χ4n) is 2.60. The highest BCUT2D eigenvalue weighted by atomic mass is 35.5. The lowest BCUT2D eigenvalue weighted by Gasteiger charge is -2.11. The van der Waals surface area contributed by atoms with E-state index >= 15 is 0 Å². The fourth-order valence-corrected chi connectivity index (χ4v) is 2.83. The standard InChI is InChI=1S/C18H14ClN5O/c19-14-9-13(24-8-6-15-17(24)18(20)23-11-22-15)4-5-16(14)25-10-12-3-1-2-7-21-12/h1-9,11H,10H2,(H2,20,22,23). The van der Waals surface area contributed by atoms with Crippen molar-refractivity contribution in [1.29, 1.82) is 0 Å². The van der Waals surface area contributed by atoms with E-state index in [1.165, 1.54) is 6.33 Å². The summed E-state index contributed by atoms with van der Waals surface area (Å²) in [5.74, 6) is 1.01. The monoisotopic (exact) mass is 351 g/mol. The van der Waals surface area contributed by atoms with Crippen LogP contribution in [0.3, 0.4) is 0 Å². The second-order valence-corrected chi connectivity index (χ2v) is 5.81. The van der Waals surface area contributed by atoms with Gasteiger partial charge in [-0.3, -0.25) is 4.98 Å². The first-order valence-corrected chi connectivity index (χ1v) is 8.00. The highest BCUT2D eigenvalue weighted by Gasteiger charge is 2.10. The number of halogens is 1. The Hall–Kier alpha value is -3.12. The molecule has 3 heterocycles. The van der Waals surface area contributed by atoms with Gasteiger partial charge in [0, 0.05) is 18.1 Å². The van der Waals surface area contributed by atoms with Crippen molar-refractivity contribution >= 4 is 28.5 Å². The number of aromatic nitrogens is 4. The van der Waals surface area contributed by atoms with Crippen LogP contribution in [0.25, 0.3) is 16.7 Å². The highest BCUT2D eigenvalue weighted by Crippen LogP contribution is 2.30. The molecule has 7 heteroatoms. The van der Waals surface area contributed by atoms with E-state index in [9.17, 15) is 0 Å². The van der Waals surface area contributed by atoms with Gasteiger partial charge in [-0.05, 0) is 36.4 Å². The Morgan fingerprint density at radius 2 is 2.00 bits per heavy atom. The van der Waals surface area contributed by atoms with Gasteiger partial charge in [-0.2, -0.15) is 0 Å². The van der Waals surface area contributed by atoms with Crippen LogP contribution >= 0.6 is 11.6 Å². The number of nitrogen functional groups attached to an aromatic ring is 1. The van der Waals surface area contributed by atoms with Crippen molar-refractivity contribution < 1.29 is 4.74 Å². The molecule has 0 bridgehead atoms. The topological polar surface area (TPSA) is 78.8 Å². The summed E-state index contributed by atoms with van der Waals surface area (Å²) in [6, 6.07) is 13.1. The van der Waals surface area contributed by atoms with Crippen LogP contribution in [0.2, 0.25) is 5.02 Å². The molecule has 0 amide bonds. The first-order valence-electron chi connectivity index (χ1n) is 7.62. The van der Waals surface area contributed by atoms with Crippen LogP contribution in [-0.2, 0) is 6.61 Å². The van der Waals surface area contributed by atoms with Crippen LogP contribution < -0.4 is 10.5 Å². The molecule has 0 unspecified atom stereocenters. The third-order valence-corrected chi connectivity index (χ3v) is 4.09. The summed E-state index contributed by atoms with van der Waals surface area (Å²) in [6.07, 6.45) is 5.06. The predicted molar refractivity (Wildman–Crippen MR) is 96.9 cm³/mol. The zero-order chi connectivity index (χ0) is 17.2. The molecule has 4 rings (SSSR count). The van der Waals surface area contributed by atoms with Crippen LogP contribution in [0.5, 0.6) is 5.75 Å². The summed E-state index contributed by atoms with van der Waals surface area (Å²) < 4.78 is 7.66. The SMILES string of the molecule is Nc1ncnc2ccn(-c3ccc(OCc4ccccn4)c(Cl)c3)c12. The lowest BCUT2D eigenvalue weighted by molar-refractivity contribution is 0.301. The number of nitrogens with two attached hydrogens (primary N) is 1. The van der Waals surface area contributed by atoms with Crippen LogP contribution in [0.1, 0.15) is 5.69 Å². The van der Waals surface area contributed by atoms with Gasteiger partial charge in [0.25, 0.3) is 0 Å². The van der Waals surface area contributed by atoms with Gasteiger partial charge in [-0.15, -0.1) is 0 Å². The number of hydrogen-bond donors (Lipinski definition) is 1. The molecule has 25 heavy (non-hydrogen) atoms. The van der Waals surface area contributed by atoms with Crippen molar-refractivity contribution in [3.63, 3.8) is 0 Å². The molecular formula is C18H14ClN5O. The zero-order valence-corrected chi connectivity index (χ0v) is 13.9. The van der Waals surface area contributed by atoms with Crippen LogP contribution in [0, 0.1) is 0 Å². The van der Waals surface area contributed by atoms with Gasteiger partial charge < -0.3 is 15.0 Å². The minimum Gasteiger partial charge on any atom is -0.486 e. The van der Waals surface area contributed by atoms with E-state index in [2.05, 4.69) is 15.0 Å². The Labute approximate surface area is 148 Å². The molecular weight excluding hydrogens is 338 g/mol. The number of benzene rings is 1. The zero-order valence-electron chi connectivity index (χ0n) is 13.1. The molecule has 0 fully saturated rings. The minimum atomic E-state index is 0.354. The van der Waals surface area contributed by atoms with Crippen LogP contribution in [-0.4, -0.2) is 19.5 Å². The van der Waals surface area contributed by atoms with Crippen molar-refractivity contribution in [3.05, 3.63) is 71.9 Å². The number of rotatable bonds is 4. The first-order chi connectivity index (χ1) is 12.2. The molecule has 0 saturated heterocycles. The number of pyridine rings is 1. The molecule has 0 atom stereocenters. The quantitative estimate of drug-likeness (QED) is 0.607. The third kappa shape index (κ3) is 2.99. The maximum Gasteiger partial charge on any atom is 0.151 e. The number of ether oxygens (including phenoxy) is 1. The van der Waals surface area contributed by atoms with Gasteiger partial charge in [-0.1, -0.05) is 17.7 Å². The van der Waals surface area contributed by atoms with E-state index in [0.29, 0.717) is 23.2 Å². The molecule has 0 aliphatic heterocycles. The molecule has 0 aliphatic carbocycles. The van der Waals surface area contributed by atoms with Crippen molar-refractivity contribution in [3.8, 4) is 11.4 Å². The van der Waals surface area contributed by atoms with E-state index in [1.807, 2.05) is 53.2 Å². The Morgan fingerprint density at radius 1 is 1.08 bits per heavy atom. The number of hydrogen-bond acceptors (Lipinski definition) is 5. The van der Waals surface area contributed by atoms with Crippen molar-refractivity contribution in [2.45, 2.75) is 6.61 Å². The summed E-state index contributed by atoms with van der Waals surface area (Å²) in [6.45, 7) is 0.354. The Kier molecular flexibility index (Phi) is 3.95. The molecule has 124 valence electrons. The molecule has 0 aliphatic rings. The van der Waals surface area contributed by atoms with E-state index in [4.69, 9.17) is 22.1 Å². The summed E-state index contributed by atoms with van der Waals surface area (Å²) in [5.41, 5.74) is 9.20. The average Bonchev–Trinajstić information content (AvgIpc) is 3.07. The van der Waals surface area contributed by atoms with Crippen molar-refractivity contribution in [1.82, 2.24) is 19.5 Å². The predicted octanol–water partition coefficient (Wildman–Crippen LogP) is 3.63. The van der Waals surface area contributed by atoms with Gasteiger partial charge in [0.05, 0.1) is 16.2 Å².